The molecule has 2 aromatic carbocycles. The minimum Gasteiger partial charge on any atom is -0.507 e. The fraction of sp³-hybridized carbons (Fsp3) is 0.333. The average Bonchev–Trinajstić information content (AvgIpc) is 2.72. The van der Waals surface area contributed by atoms with E-state index in [0.29, 0.717) is 32.7 Å². The molecule has 3 rings (SSSR count). The number of nitrogens with one attached hydrogen (secondary N) is 1. The van der Waals surface area contributed by atoms with Gasteiger partial charge in [-0.2, -0.15) is 18.3 Å². The van der Waals surface area contributed by atoms with Gasteiger partial charge in [0.1, 0.15) is 11.6 Å². The largest absolute Gasteiger partial charge is 0.507 e. The number of hydrogen-bond acceptors (Lipinski definition) is 5. The van der Waals surface area contributed by atoms with Gasteiger partial charge in [-0.1, -0.05) is 12.1 Å². The van der Waals surface area contributed by atoms with Crippen molar-refractivity contribution in [2.75, 3.05) is 32.7 Å². The number of rotatable bonds is 6. The highest BCUT2D eigenvalue weighted by Crippen LogP contribution is 2.29. The van der Waals surface area contributed by atoms with Crippen LogP contribution in [0.5, 0.6) is 5.75 Å². The normalized spacial score (nSPS) is 16.0. The molecule has 166 valence electrons. The van der Waals surface area contributed by atoms with Crippen LogP contribution in [-0.2, 0) is 17.5 Å². The Morgan fingerprint density at radius 1 is 1.06 bits per heavy atom. The Morgan fingerprint density at radius 3 is 2.35 bits per heavy atom. The van der Waals surface area contributed by atoms with Crippen LogP contribution in [0.1, 0.15) is 16.7 Å². The molecule has 31 heavy (non-hydrogen) atoms. The quantitative estimate of drug-likeness (QED) is 0.414. The van der Waals surface area contributed by atoms with Crippen molar-refractivity contribution < 1.29 is 27.5 Å². The summed E-state index contributed by atoms with van der Waals surface area (Å²) in [5.74, 6) is -1.02. The van der Waals surface area contributed by atoms with Crippen LogP contribution in [0.15, 0.2) is 47.6 Å². The fourth-order valence-electron chi connectivity index (χ4n) is 3.20. The molecule has 1 heterocycles. The lowest BCUT2D eigenvalue weighted by molar-refractivity contribution is -0.137. The first-order chi connectivity index (χ1) is 14.7. The number of alkyl halides is 3. The third-order valence-corrected chi connectivity index (χ3v) is 4.90. The first kappa shape index (κ1) is 22.7. The van der Waals surface area contributed by atoms with E-state index in [-0.39, 0.29) is 23.8 Å². The molecule has 6 nitrogen and oxygen atoms in total. The summed E-state index contributed by atoms with van der Waals surface area (Å²) >= 11 is 0. The van der Waals surface area contributed by atoms with Crippen molar-refractivity contribution in [1.82, 2.24) is 15.2 Å². The van der Waals surface area contributed by atoms with Crippen molar-refractivity contribution in [1.29, 1.82) is 0 Å². The van der Waals surface area contributed by atoms with Gasteiger partial charge in [-0.3, -0.25) is 14.6 Å². The highest BCUT2D eigenvalue weighted by atomic mass is 19.4. The zero-order chi connectivity index (χ0) is 22.4. The maximum Gasteiger partial charge on any atom is 0.416 e. The zero-order valence-corrected chi connectivity index (χ0v) is 16.6. The zero-order valence-electron chi connectivity index (χ0n) is 16.6. The molecule has 0 aliphatic carbocycles. The molecule has 2 N–H and O–H groups in total. The summed E-state index contributed by atoms with van der Waals surface area (Å²) < 4.78 is 51.1. The van der Waals surface area contributed by atoms with Crippen molar-refractivity contribution in [3.05, 3.63) is 65.0 Å². The smallest absolute Gasteiger partial charge is 0.416 e. The summed E-state index contributed by atoms with van der Waals surface area (Å²) in [5, 5.41) is 13.3. The predicted molar refractivity (Wildman–Crippen MR) is 107 cm³/mol. The molecule has 0 aromatic heterocycles. The van der Waals surface area contributed by atoms with Crippen LogP contribution in [-0.4, -0.2) is 59.8 Å². The Labute approximate surface area is 176 Å². The fourth-order valence-corrected chi connectivity index (χ4v) is 3.20. The van der Waals surface area contributed by atoms with E-state index >= 15 is 0 Å². The van der Waals surface area contributed by atoms with Gasteiger partial charge in [0.05, 0.1) is 18.3 Å². The molecule has 1 amide bonds. The van der Waals surface area contributed by atoms with Crippen molar-refractivity contribution >= 4 is 12.1 Å². The third-order valence-electron chi connectivity index (χ3n) is 4.90. The molecule has 1 fully saturated rings. The van der Waals surface area contributed by atoms with Crippen LogP contribution in [0.2, 0.25) is 0 Å². The average molecular weight is 438 g/mol. The maximum atomic E-state index is 13.2. The van der Waals surface area contributed by atoms with E-state index in [9.17, 15) is 27.5 Å². The van der Waals surface area contributed by atoms with Gasteiger partial charge in [-0.25, -0.2) is 9.82 Å². The SMILES string of the molecule is O=C(CN1CCN(Cc2ccc(C(F)(F)F)cc2)CC1)N/N=C/c1cc(F)ccc1O. The molecule has 1 aliphatic heterocycles. The molecule has 0 atom stereocenters. The lowest BCUT2D eigenvalue weighted by Crippen LogP contribution is -2.48. The third kappa shape index (κ3) is 6.76. The molecule has 2 aromatic rings. The Bertz CT molecular complexity index is 924. The minimum absolute atomic E-state index is 0.126. The lowest BCUT2D eigenvalue weighted by atomic mass is 10.1. The minimum atomic E-state index is -4.34. The van der Waals surface area contributed by atoms with Crippen LogP contribution < -0.4 is 5.43 Å². The van der Waals surface area contributed by atoms with Gasteiger partial charge in [0.25, 0.3) is 5.91 Å². The monoisotopic (exact) mass is 438 g/mol. The van der Waals surface area contributed by atoms with Crippen molar-refractivity contribution in [3.63, 3.8) is 0 Å². The number of phenolic OH excluding ortho intramolecular Hbond substituents is 1. The number of halogens is 4. The van der Waals surface area contributed by atoms with Crippen LogP contribution in [0, 0.1) is 5.82 Å². The first-order valence-electron chi connectivity index (χ1n) is 9.62. The van der Waals surface area contributed by atoms with Gasteiger partial charge in [0.15, 0.2) is 0 Å². The number of hydrogen-bond donors (Lipinski definition) is 2. The molecular weight excluding hydrogens is 416 g/mol. The number of hydrazone groups is 1. The number of carbonyl (C=O) groups is 1. The Balaban J connectivity index is 1.41. The van der Waals surface area contributed by atoms with Crippen LogP contribution in [0.4, 0.5) is 17.6 Å². The molecule has 1 saturated heterocycles. The van der Waals surface area contributed by atoms with Crippen molar-refractivity contribution in [3.8, 4) is 5.75 Å². The van der Waals surface area contributed by atoms with Crippen molar-refractivity contribution in [2.24, 2.45) is 5.10 Å². The molecular formula is C21H22F4N4O2. The second kappa shape index (κ2) is 9.88. The van der Waals surface area contributed by atoms with E-state index in [0.717, 1.165) is 36.0 Å². The molecule has 10 heteroatoms. The van der Waals surface area contributed by atoms with Gasteiger partial charge < -0.3 is 5.11 Å². The lowest BCUT2D eigenvalue weighted by Gasteiger charge is -2.34. The Kier molecular flexibility index (Phi) is 7.24. The highest BCUT2D eigenvalue weighted by Gasteiger charge is 2.30. The molecule has 0 bridgehead atoms. The predicted octanol–water partition coefficient (Wildman–Crippen LogP) is 2.82. The standard InChI is InChI=1S/C21H22F4N4O2/c22-18-5-6-19(30)16(11-18)12-26-27-20(31)14-29-9-7-28(8-10-29)13-15-1-3-17(4-2-15)21(23,24)25/h1-6,11-12,30H,7-10,13-14H2,(H,27,31)/b26-12+. The van der Waals surface area contributed by atoms with Crippen molar-refractivity contribution in [2.45, 2.75) is 12.7 Å². The highest BCUT2D eigenvalue weighted by molar-refractivity contribution is 5.85. The second-order valence-electron chi connectivity index (χ2n) is 7.24. The molecule has 0 saturated carbocycles. The number of carbonyl (C=O) groups excluding carboxylic acids is 1. The van der Waals surface area contributed by atoms with Gasteiger partial charge in [-0.15, -0.1) is 0 Å². The van der Waals surface area contributed by atoms with Gasteiger partial charge >= 0.3 is 6.18 Å². The van der Waals surface area contributed by atoms with Gasteiger partial charge in [0, 0.05) is 38.3 Å². The summed E-state index contributed by atoms with van der Waals surface area (Å²) in [4.78, 5) is 16.1. The van der Waals surface area contributed by atoms with Crippen LogP contribution in [0.25, 0.3) is 0 Å². The molecule has 0 unspecified atom stereocenters. The van der Waals surface area contributed by atoms with Crippen LogP contribution >= 0.6 is 0 Å². The van der Waals surface area contributed by atoms with Crippen LogP contribution in [0.3, 0.4) is 0 Å². The van der Waals surface area contributed by atoms with E-state index < -0.39 is 17.6 Å². The summed E-state index contributed by atoms with van der Waals surface area (Å²) in [6.07, 6.45) is -3.18. The van der Waals surface area contributed by atoms with Gasteiger partial charge in [0.2, 0.25) is 0 Å². The first-order valence-corrected chi connectivity index (χ1v) is 9.62. The summed E-state index contributed by atoms with van der Waals surface area (Å²) in [6.45, 7) is 3.27. The summed E-state index contributed by atoms with van der Waals surface area (Å²) in [7, 11) is 0. The maximum absolute atomic E-state index is 13.2. The van der Waals surface area contributed by atoms with E-state index in [1.807, 2.05) is 4.90 Å². The number of nitrogens with zero attached hydrogens (tertiary/aromatic N) is 3. The summed E-state index contributed by atoms with van der Waals surface area (Å²) in [6, 6.07) is 8.54. The second-order valence-corrected chi connectivity index (χ2v) is 7.24. The Morgan fingerprint density at radius 2 is 1.71 bits per heavy atom. The van der Waals surface area contributed by atoms with E-state index in [4.69, 9.17) is 0 Å². The molecule has 1 aliphatic rings. The number of piperazine rings is 1. The number of benzene rings is 2. The van der Waals surface area contributed by atoms with E-state index in [1.54, 1.807) is 0 Å². The number of phenols is 1. The van der Waals surface area contributed by atoms with Gasteiger partial charge in [-0.05, 0) is 35.9 Å². The number of aromatic hydroxyl groups is 1. The molecule has 0 radical (unpaired) electrons. The molecule has 0 spiro atoms. The topological polar surface area (TPSA) is 68.2 Å². The van der Waals surface area contributed by atoms with E-state index in [1.165, 1.54) is 18.2 Å². The Hall–Kier alpha value is -2.98. The number of amides is 1. The summed E-state index contributed by atoms with van der Waals surface area (Å²) in [5.41, 5.74) is 2.63. The van der Waals surface area contributed by atoms with E-state index in [2.05, 4.69) is 15.4 Å².